The first-order valence-electron chi connectivity index (χ1n) is 5.28. The maximum Gasteiger partial charge on any atom is 0.111 e. The third kappa shape index (κ3) is 1.72. The minimum absolute atomic E-state index is 0.610. The Morgan fingerprint density at radius 1 is 1.47 bits per heavy atom. The molecule has 3 rings (SSSR count). The predicted molar refractivity (Wildman–Crippen MR) is 56.5 cm³/mol. The van der Waals surface area contributed by atoms with Crippen LogP contribution in [0.1, 0.15) is 6.42 Å². The highest BCUT2D eigenvalue weighted by atomic mass is 16.5. The lowest BCUT2D eigenvalue weighted by atomic mass is 10.1. The second kappa shape index (κ2) is 3.62. The van der Waals surface area contributed by atoms with Crippen LogP contribution in [0.5, 0.6) is 0 Å². The summed E-state index contributed by atoms with van der Waals surface area (Å²) in [5.74, 6) is 0.610. The second-order valence-electron chi connectivity index (χ2n) is 3.99. The number of rotatable bonds is 2. The van der Waals surface area contributed by atoms with Crippen molar-refractivity contribution in [2.24, 2.45) is 5.92 Å². The Balaban J connectivity index is 1.84. The first-order valence-corrected chi connectivity index (χ1v) is 5.28. The Kier molecular flexibility index (Phi) is 2.14. The first kappa shape index (κ1) is 8.85. The summed E-state index contributed by atoms with van der Waals surface area (Å²) in [5.41, 5.74) is 1.94. The monoisotopic (exact) mass is 203 g/mol. The normalized spacial score (nSPS) is 21.2. The van der Waals surface area contributed by atoms with Gasteiger partial charge < -0.3 is 4.74 Å². The van der Waals surface area contributed by atoms with Gasteiger partial charge in [0, 0.05) is 25.3 Å². The molecule has 0 bridgehead atoms. The SMILES string of the molecule is c1cnc2cn(CC3CCOC3)nc2c1. The van der Waals surface area contributed by atoms with Crippen LogP contribution in [-0.2, 0) is 11.3 Å². The summed E-state index contributed by atoms with van der Waals surface area (Å²) in [6, 6.07) is 3.91. The molecule has 1 aliphatic heterocycles. The molecule has 1 fully saturated rings. The molecule has 0 amide bonds. The molecule has 4 heteroatoms. The van der Waals surface area contributed by atoms with Crippen LogP contribution in [0.4, 0.5) is 0 Å². The summed E-state index contributed by atoms with van der Waals surface area (Å²) in [4.78, 5) is 4.26. The maximum atomic E-state index is 5.35. The summed E-state index contributed by atoms with van der Waals surface area (Å²) in [6.45, 7) is 2.70. The van der Waals surface area contributed by atoms with Gasteiger partial charge >= 0.3 is 0 Å². The van der Waals surface area contributed by atoms with E-state index in [-0.39, 0.29) is 0 Å². The van der Waals surface area contributed by atoms with Crippen LogP contribution in [0.2, 0.25) is 0 Å². The number of aromatic nitrogens is 3. The van der Waals surface area contributed by atoms with Crippen LogP contribution in [0.25, 0.3) is 11.0 Å². The topological polar surface area (TPSA) is 39.9 Å². The Labute approximate surface area is 87.9 Å². The zero-order valence-electron chi connectivity index (χ0n) is 8.47. The highest BCUT2D eigenvalue weighted by molar-refractivity contribution is 5.72. The number of nitrogens with zero attached hydrogens (tertiary/aromatic N) is 3. The van der Waals surface area contributed by atoms with Gasteiger partial charge in [0.05, 0.1) is 12.8 Å². The number of hydrogen-bond donors (Lipinski definition) is 0. The molecule has 0 N–H and O–H groups in total. The van der Waals surface area contributed by atoms with Gasteiger partial charge in [0.1, 0.15) is 11.0 Å². The quantitative estimate of drug-likeness (QED) is 0.742. The lowest BCUT2D eigenvalue weighted by Gasteiger charge is -2.06. The van der Waals surface area contributed by atoms with Crippen LogP contribution in [-0.4, -0.2) is 28.0 Å². The summed E-state index contributed by atoms with van der Waals surface area (Å²) >= 11 is 0. The van der Waals surface area contributed by atoms with E-state index in [0.29, 0.717) is 5.92 Å². The molecule has 0 aromatic carbocycles. The van der Waals surface area contributed by atoms with Gasteiger partial charge in [0.15, 0.2) is 0 Å². The van der Waals surface area contributed by atoms with Crippen molar-refractivity contribution < 1.29 is 4.74 Å². The summed E-state index contributed by atoms with van der Waals surface area (Å²) in [6.07, 6.45) is 4.95. The van der Waals surface area contributed by atoms with Crippen LogP contribution < -0.4 is 0 Å². The standard InChI is InChI=1S/C11H13N3O/c1-2-10-11(12-4-1)7-14(13-10)6-9-3-5-15-8-9/h1-2,4,7,9H,3,5-6,8H2. The Hall–Kier alpha value is -1.42. The zero-order valence-corrected chi connectivity index (χ0v) is 8.47. The fourth-order valence-corrected chi connectivity index (χ4v) is 1.99. The predicted octanol–water partition coefficient (Wildman–Crippen LogP) is 1.47. The highest BCUT2D eigenvalue weighted by Gasteiger charge is 2.16. The maximum absolute atomic E-state index is 5.35. The van der Waals surface area contributed by atoms with E-state index in [0.717, 1.165) is 37.2 Å². The molecule has 2 aromatic rings. The van der Waals surface area contributed by atoms with Crippen molar-refractivity contribution in [2.75, 3.05) is 13.2 Å². The van der Waals surface area contributed by atoms with Crippen LogP contribution in [0, 0.1) is 5.92 Å². The van der Waals surface area contributed by atoms with Gasteiger partial charge in [-0.25, -0.2) is 0 Å². The van der Waals surface area contributed by atoms with E-state index in [1.165, 1.54) is 0 Å². The molecule has 78 valence electrons. The molecular formula is C11H13N3O. The zero-order chi connectivity index (χ0) is 10.1. The van der Waals surface area contributed by atoms with Gasteiger partial charge in [-0.2, -0.15) is 5.10 Å². The molecular weight excluding hydrogens is 190 g/mol. The average Bonchev–Trinajstić information content (AvgIpc) is 2.86. The molecule has 1 aliphatic rings. The smallest absolute Gasteiger partial charge is 0.111 e. The minimum atomic E-state index is 0.610. The highest BCUT2D eigenvalue weighted by Crippen LogP contribution is 2.16. The minimum Gasteiger partial charge on any atom is -0.381 e. The van der Waals surface area contributed by atoms with Crippen molar-refractivity contribution >= 4 is 11.0 Å². The Bertz CT molecular complexity index is 427. The number of ether oxygens (including phenoxy) is 1. The van der Waals surface area contributed by atoms with Crippen molar-refractivity contribution in [1.29, 1.82) is 0 Å². The van der Waals surface area contributed by atoms with Crippen molar-refractivity contribution in [1.82, 2.24) is 14.8 Å². The van der Waals surface area contributed by atoms with E-state index in [2.05, 4.69) is 10.1 Å². The lowest BCUT2D eigenvalue weighted by molar-refractivity contribution is 0.181. The van der Waals surface area contributed by atoms with E-state index in [1.807, 2.05) is 23.0 Å². The van der Waals surface area contributed by atoms with Gasteiger partial charge in [-0.1, -0.05) is 0 Å². The van der Waals surface area contributed by atoms with E-state index < -0.39 is 0 Å². The van der Waals surface area contributed by atoms with Gasteiger partial charge in [0.2, 0.25) is 0 Å². The third-order valence-electron chi connectivity index (χ3n) is 2.79. The Morgan fingerprint density at radius 2 is 2.47 bits per heavy atom. The fourth-order valence-electron chi connectivity index (χ4n) is 1.99. The largest absolute Gasteiger partial charge is 0.381 e. The second-order valence-corrected chi connectivity index (χ2v) is 3.99. The molecule has 0 aliphatic carbocycles. The number of pyridine rings is 1. The van der Waals surface area contributed by atoms with Gasteiger partial charge in [0.25, 0.3) is 0 Å². The van der Waals surface area contributed by atoms with Crippen molar-refractivity contribution in [2.45, 2.75) is 13.0 Å². The molecule has 4 nitrogen and oxygen atoms in total. The van der Waals surface area contributed by atoms with Crippen LogP contribution in [0.3, 0.4) is 0 Å². The molecule has 2 aromatic heterocycles. The van der Waals surface area contributed by atoms with Crippen molar-refractivity contribution in [3.8, 4) is 0 Å². The van der Waals surface area contributed by atoms with Crippen LogP contribution >= 0.6 is 0 Å². The van der Waals surface area contributed by atoms with E-state index >= 15 is 0 Å². The van der Waals surface area contributed by atoms with E-state index in [1.54, 1.807) is 6.20 Å². The lowest BCUT2D eigenvalue weighted by Crippen LogP contribution is -2.10. The van der Waals surface area contributed by atoms with Gasteiger partial charge in [-0.3, -0.25) is 9.67 Å². The summed E-state index contributed by atoms with van der Waals surface area (Å²) < 4.78 is 7.33. The van der Waals surface area contributed by atoms with Crippen molar-refractivity contribution in [3.63, 3.8) is 0 Å². The molecule has 1 unspecified atom stereocenters. The van der Waals surface area contributed by atoms with E-state index in [4.69, 9.17) is 4.74 Å². The molecule has 0 saturated carbocycles. The van der Waals surface area contributed by atoms with Crippen LogP contribution in [0.15, 0.2) is 24.5 Å². The molecule has 3 heterocycles. The van der Waals surface area contributed by atoms with Crippen molar-refractivity contribution in [3.05, 3.63) is 24.5 Å². The summed E-state index contributed by atoms with van der Waals surface area (Å²) in [5, 5.41) is 4.47. The molecule has 1 saturated heterocycles. The van der Waals surface area contributed by atoms with E-state index in [9.17, 15) is 0 Å². The Morgan fingerprint density at radius 3 is 3.27 bits per heavy atom. The average molecular weight is 203 g/mol. The molecule has 15 heavy (non-hydrogen) atoms. The number of fused-ring (bicyclic) bond motifs is 1. The molecule has 1 atom stereocenters. The van der Waals surface area contributed by atoms with Gasteiger partial charge in [-0.05, 0) is 18.6 Å². The molecule has 0 radical (unpaired) electrons. The third-order valence-corrected chi connectivity index (χ3v) is 2.79. The van der Waals surface area contributed by atoms with Gasteiger partial charge in [-0.15, -0.1) is 0 Å². The first-order chi connectivity index (χ1) is 7.42. The fraction of sp³-hybridized carbons (Fsp3) is 0.455. The number of hydrogen-bond acceptors (Lipinski definition) is 3. The summed E-state index contributed by atoms with van der Waals surface area (Å²) in [7, 11) is 0. The molecule has 0 spiro atoms.